The van der Waals surface area contributed by atoms with Gasteiger partial charge in [-0.25, -0.2) is 4.39 Å². The molecule has 0 aliphatic carbocycles. The van der Waals surface area contributed by atoms with E-state index in [1.165, 1.54) is 6.07 Å². The van der Waals surface area contributed by atoms with Gasteiger partial charge in [-0.1, -0.05) is 31.5 Å². The van der Waals surface area contributed by atoms with Gasteiger partial charge >= 0.3 is 0 Å². The van der Waals surface area contributed by atoms with Gasteiger partial charge in [0.05, 0.1) is 0 Å². The molecule has 1 rings (SSSR count). The molecule has 0 unspecified atom stereocenters. The van der Waals surface area contributed by atoms with Crippen molar-refractivity contribution < 1.29 is 4.39 Å². The fourth-order valence-electron chi connectivity index (χ4n) is 1.49. The van der Waals surface area contributed by atoms with E-state index in [4.69, 9.17) is 17.3 Å². The first-order valence-corrected chi connectivity index (χ1v) is 5.09. The van der Waals surface area contributed by atoms with E-state index >= 15 is 0 Å². The quantitative estimate of drug-likeness (QED) is 0.866. The van der Waals surface area contributed by atoms with Gasteiger partial charge < -0.3 is 5.73 Å². The first-order chi connectivity index (χ1) is 6.52. The van der Waals surface area contributed by atoms with E-state index in [9.17, 15) is 4.39 Å². The molecule has 0 saturated carbocycles. The van der Waals surface area contributed by atoms with E-state index in [1.807, 2.05) is 0 Å². The van der Waals surface area contributed by atoms with Gasteiger partial charge in [0.15, 0.2) is 0 Å². The highest BCUT2D eigenvalue weighted by molar-refractivity contribution is 6.31. The van der Waals surface area contributed by atoms with E-state index in [1.54, 1.807) is 12.1 Å². The first kappa shape index (κ1) is 14.7. The number of hydrogen-bond donors (Lipinski definition) is 1. The van der Waals surface area contributed by atoms with Crippen LogP contribution in [0.15, 0.2) is 18.2 Å². The monoisotopic (exact) mass is 251 g/mol. The Bertz CT molecular complexity index is 295. The van der Waals surface area contributed by atoms with Crippen LogP contribution in [0.2, 0.25) is 5.02 Å². The Hall–Kier alpha value is -0.310. The predicted molar refractivity (Wildman–Crippen MR) is 65.0 cm³/mol. The van der Waals surface area contributed by atoms with Crippen LogP contribution in [0.1, 0.15) is 31.9 Å². The van der Waals surface area contributed by atoms with Gasteiger partial charge in [0.1, 0.15) is 5.82 Å². The average Bonchev–Trinajstić information content (AvgIpc) is 2.01. The lowest BCUT2D eigenvalue weighted by molar-refractivity contribution is 0.489. The van der Waals surface area contributed by atoms with Crippen LogP contribution in [0.3, 0.4) is 0 Å². The lowest BCUT2D eigenvalue weighted by Gasteiger charge is -2.16. The van der Waals surface area contributed by atoms with Crippen LogP contribution in [-0.4, -0.2) is 0 Å². The Balaban J connectivity index is 0.00000196. The van der Waals surface area contributed by atoms with Crippen LogP contribution in [0.25, 0.3) is 0 Å². The molecule has 0 heterocycles. The van der Waals surface area contributed by atoms with Crippen LogP contribution in [0, 0.1) is 11.7 Å². The van der Waals surface area contributed by atoms with Crippen molar-refractivity contribution >= 4 is 24.0 Å². The molecule has 2 N–H and O–H groups in total. The standard InChI is InChI=1S/C11H15ClFN.ClH/c1-7(2)6-10(14)11-8(12)4-3-5-9(11)13;/h3-5,7,10H,6,14H2,1-2H3;1H/t10-;/m1./s1. The zero-order valence-corrected chi connectivity index (χ0v) is 10.4. The smallest absolute Gasteiger partial charge is 0.129 e. The topological polar surface area (TPSA) is 26.0 Å². The highest BCUT2D eigenvalue weighted by Crippen LogP contribution is 2.28. The molecule has 0 aliphatic heterocycles. The normalized spacial score (nSPS) is 12.4. The van der Waals surface area contributed by atoms with Gasteiger partial charge in [0.2, 0.25) is 0 Å². The summed E-state index contributed by atoms with van der Waals surface area (Å²) >= 11 is 5.89. The minimum absolute atomic E-state index is 0. The second-order valence-corrected chi connectivity index (χ2v) is 4.28. The van der Waals surface area contributed by atoms with Gasteiger partial charge in [-0.15, -0.1) is 12.4 Å². The third-order valence-corrected chi connectivity index (χ3v) is 2.43. The molecule has 1 nitrogen and oxygen atoms in total. The molecule has 0 radical (unpaired) electrons. The number of halogens is 3. The molecule has 0 bridgehead atoms. The lowest BCUT2D eigenvalue weighted by Crippen LogP contribution is -2.15. The number of nitrogens with two attached hydrogens (primary N) is 1. The molecule has 1 aromatic rings. The van der Waals surface area contributed by atoms with Gasteiger partial charge in [0, 0.05) is 16.6 Å². The van der Waals surface area contributed by atoms with Gasteiger partial charge in [0.25, 0.3) is 0 Å². The maximum atomic E-state index is 13.4. The molecule has 0 saturated heterocycles. The Morgan fingerprint density at radius 3 is 2.47 bits per heavy atom. The van der Waals surface area contributed by atoms with Crippen LogP contribution in [-0.2, 0) is 0 Å². The van der Waals surface area contributed by atoms with Gasteiger partial charge in [-0.3, -0.25) is 0 Å². The molecule has 0 amide bonds. The zero-order valence-electron chi connectivity index (χ0n) is 8.84. The highest BCUT2D eigenvalue weighted by Gasteiger charge is 2.15. The lowest BCUT2D eigenvalue weighted by atomic mass is 9.97. The summed E-state index contributed by atoms with van der Waals surface area (Å²) in [7, 11) is 0. The third-order valence-electron chi connectivity index (χ3n) is 2.10. The molecular formula is C11H16Cl2FN. The van der Waals surface area contributed by atoms with Crippen molar-refractivity contribution in [3.63, 3.8) is 0 Å². The van der Waals surface area contributed by atoms with E-state index in [2.05, 4.69) is 13.8 Å². The molecule has 0 aromatic heterocycles. The summed E-state index contributed by atoms with van der Waals surface area (Å²) in [5.74, 6) is 0.117. The van der Waals surface area contributed by atoms with E-state index in [0.29, 0.717) is 16.5 Å². The molecule has 15 heavy (non-hydrogen) atoms. The van der Waals surface area contributed by atoms with Crippen molar-refractivity contribution in [3.8, 4) is 0 Å². The van der Waals surface area contributed by atoms with Crippen molar-refractivity contribution in [2.45, 2.75) is 26.3 Å². The first-order valence-electron chi connectivity index (χ1n) is 4.72. The van der Waals surface area contributed by atoms with E-state index in [0.717, 1.165) is 6.42 Å². The summed E-state index contributed by atoms with van der Waals surface area (Å²) in [6, 6.07) is 4.33. The summed E-state index contributed by atoms with van der Waals surface area (Å²) in [5.41, 5.74) is 6.31. The Morgan fingerprint density at radius 1 is 1.40 bits per heavy atom. The maximum absolute atomic E-state index is 13.4. The Morgan fingerprint density at radius 2 is 2.00 bits per heavy atom. The van der Waals surface area contributed by atoms with Gasteiger partial charge in [-0.05, 0) is 24.5 Å². The predicted octanol–water partition coefficient (Wildman–Crippen LogP) is 3.95. The molecule has 1 aromatic carbocycles. The SMILES string of the molecule is CC(C)C[C@@H](N)c1c(F)cccc1Cl.Cl. The Kier molecular flexibility index (Phi) is 6.18. The molecule has 0 aliphatic rings. The summed E-state index contributed by atoms with van der Waals surface area (Å²) in [4.78, 5) is 0. The maximum Gasteiger partial charge on any atom is 0.129 e. The van der Waals surface area contributed by atoms with Crippen molar-refractivity contribution in [2.75, 3.05) is 0 Å². The fourth-order valence-corrected chi connectivity index (χ4v) is 1.79. The number of hydrogen-bond acceptors (Lipinski definition) is 1. The van der Waals surface area contributed by atoms with E-state index < -0.39 is 0 Å². The molecule has 0 spiro atoms. The summed E-state index contributed by atoms with van der Waals surface area (Å²) in [6.45, 7) is 4.10. The fraction of sp³-hybridized carbons (Fsp3) is 0.455. The van der Waals surface area contributed by atoms with Crippen molar-refractivity contribution in [2.24, 2.45) is 11.7 Å². The summed E-state index contributed by atoms with van der Waals surface area (Å²) < 4.78 is 13.4. The van der Waals surface area contributed by atoms with Crippen LogP contribution < -0.4 is 5.73 Å². The second kappa shape index (κ2) is 6.31. The number of benzene rings is 1. The third kappa shape index (κ3) is 3.98. The largest absolute Gasteiger partial charge is 0.324 e. The Labute approximate surface area is 101 Å². The minimum atomic E-state index is -0.316. The summed E-state index contributed by atoms with van der Waals surface area (Å²) in [5, 5.41) is 0.415. The molecular weight excluding hydrogens is 236 g/mol. The number of rotatable bonds is 3. The average molecular weight is 252 g/mol. The molecule has 1 atom stereocenters. The minimum Gasteiger partial charge on any atom is -0.324 e. The van der Waals surface area contributed by atoms with Gasteiger partial charge in [-0.2, -0.15) is 0 Å². The zero-order chi connectivity index (χ0) is 10.7. The molecule has 86 valence electrons. The highest BCUT2D eigenvalue weighted by atomic mass is 35.5. The summed E-state index contributed by atoms with van der Waals surface area (Å²) in [6.07, 6.45) is 0.737. The molecule has 4 heteroatoms. The van der Waals surface area contributed by atoms with Crippen LogP contribution >= 0.6 is 24.0 Å². The van der Waals surface area contributed by atoms with Crippen LogP contribution in [0.4, 0.5) is 4.39 Å². The van der Waals surface area contributed by atoms with E-state index in [-0.39, 0.29) is 24.3 Å². The van der Waals surface area contributed by atoms with Crippen molar-refractivity contribution in [3.05, 3.63) is 34.6 Å². The molecule has 0 fully saturated rings. The van der Waals surface area contributed by atoms with Crippen LogP contribution in [0.5, 0.6) is 0 Å². The van der Waals surface area contributed by atoms with Crippen molar-refractivity contribution in [1.82, 2.24) is 0 Å². The second-order valence-electron chi connectivity index (χ2n) is 3.87. The van der Waals surface area contributed by atoms with Crippen molar-refractivity contribution in [1.29, 1.82) is 0 Å².